The third-order valence-electron chi connectivity index (χ3n) is 3.94. The highest BCUT2D eigenvalue weighted by atomic mass is 35.5. The van der Waals surface area contributed by atoms with Crippen LogP contribution in [0.1, 0.15) is 31.0 Å². The van der Waals surface area contributed by atoms with E-state index in [4.69, 9.17) is 23.2 Å². The zero-order valence-corrected chi connectivity index (χ0v) is 16.2. The lowest BCUT2D eigenvalue weighted by Crippen LogP contribution is -2.39. The smallest absolute Gasteiger partial charge is 0.238 e. The lowest BCUT2D eigenvalue weighted by Gasteiger charge is -2.18. The average Bonchev–Trinajstić information content (AvgIpc) is 2.57. The van der Waals surface area contributed by atoms with Gasteiger partial charge in [-0.1, -0.05) is 59.6 Å². The van der Waals surface area contributed by atoms with Crippen molar-refractivity contribution < 1.29 is 13.2 Å². The van der Waals surface area contributed by atoms with Crippen molar-refractivity contribution in [2.75, 3.05) is 0 Å². The lowest BCUT2D eigenvalue weighted by molar-refractivity contribution is -0.121. The van der Waals surface area contributed by atoms with Gasteiger partial charge in [0.25, 0.3) is 0 Å². The van der Waals surface area contributed by atoms with Gasteiger partial charge in [-0.15, -0.1) is 0 Å². The quantitative estimate of drug-likeness (QED) is 0.792. The minimum absolute atomic E-state index is 0.265. The standard InChI is InChI=1S/C18H19Cl2NO3S/c1-12(14-6-4-3-5-7-14)21-18(22)13(2)25(23,24)11-15-8-9-16(19)10-17(15)20/h3-10,12-13H,11H2,1-2H3,(H,21,22)/t12-,13-/m0/s1. The summed E-state index contributed by atoms with van der Waals surface area (Å²) in [6, 6.07) is 13.7. The van der Waals surface area contributed by atoms with Crippen molar-refractivity contribution in [3.63, 3.8) is 0 Å². The molecule has 0 aliphatic carbocycles. The summed E-state index contributed by atoms with van der Waals surface area (Å²) in [5, 5.41) is 2.24. The first-order valence-corrected chi connectivity index (χ1v) is 10.2. The average molecular weight is 400 g/mol. The van der Waals surface area contributed by atoms with E-state index < -0.39 is 21.0 Å². The summed E-state index contributed by atoms with van der Waals surface area (Å²) in [4.78, 5) is 12.4. The SMILES string of the molecule is C[C@H](NC(=O)[C@H](C)S(=O)(=O)Cc1ccc(Cl)cc1Cl)c1ccccc1. The van der Waals surface area contributed by atoms with Crippen LogP contribution in [0.2, 0.25) is 10.0 Å². The fourth-order valence-electron chi connectivity index (χ4n) is 2.30. The Kier molecular flexibility index (Phi) is 6.49. The van der Waals surface area contributed by atoms with Crippen molar-refractivity contribution in [3.05, 3.63) is 69.7 Å². The summed E-state index contributed by atoms with van der Waals surface area (Å²) in [5.74, 6) is -0.862. The second-order valence-electron chi connectivity index (χ2n) is 5.83. The van der Waals surface area contributed by atoms with Gasteiger partial charge >= 0.3 is 0 Å². The van der Waals surface area contributed by atoms with E-state index in [0.29, 0.717) is 10.6 Å². The van der Waals surface area contributed by atoms with E-state index in [1.807, 2.05) is 37.3 Å². The Hall–Kier alpha value is -1.56. The molecule has 0 fully saturated rings. The second-order valence-corrected chi connectivity index (χ2v) is 8.99. The van der Waals surface area contributed by atoms with Crippen LogP contribution in [-0.4, -0.2) is 19.6 Å². The summed E-state index contributed by atoms with van der Waals surface area (Å²) in [6.45, 7) is 3.19. The predicted octanol–water partition coefficient (Wildman–Crippen LogP) is 4.17. The fourth-order valence-corrected chi connectivity index (χ4v) is 4.18. The van der Waals surface area contributed by atoms with E-state index >= 15 is 0 Å². The Morgan fingerprint density at radius 2 is 1.72 bits per heavy atom. The number of rotatable bonds is 6. The van der Waals surface area contributed by atoms with E-state index in [2.05, 4.69) is 5.32 Å². The zero-order valence-electron chi connectivity index (χ0n) is 13.9. The van der Waals surface area contributed by atoms with Gasteiger partial charge in [-0.3, -0.25) is 4.79 Å². The minimum atomic E-state index is -3.72. The van der Waals surface area contributed by atoms with Gasteiger partial charge in [0, 0.05) is 10.0 Å². The van der Waals surface area contributed by atoms with Gasteiger partial charge in [0.1, 0.15) is 5.25 Å². The molecule has 0 aliphatic heterocycles. The Morgan fingerprint density at radius 3 is 2.32 bits per heavy atom. The molecule has 7 heteroatoms. The molecule has 25 heavy (non-hydrogen) atoms. The number of sulfone groups is 1. The van der Waals surface area contributed by atoms with Gasteiger partial charge < -0.3 is 5.32 Å². The van der Waals surface area contributed by atoms with Crippen LogP contribution in [-0.2, 0) is 20.4 Å². The number of hydrogen-bond donors (Lipinski definition) is 1. The Balaban J connectivity index is 2.09. The van der Waals surface area contributed by atoms with Gasteiger partial charge in [-0.05, 0) is 37.1 Å². The molecule has 0 radical (unpaired) electrons. The molecular weight excluding hydrogens is 381 g/mol. The van der Waals surface area contributed by atoms with Crippen molar-refractivity contribution in [3.8, 4) is 0 Å². The molecule has 0 saturated carbocycles. The molecule has 0 aliphatic rings. The molecule has 0 spiro atoms. The number of benzene rings is 2. The molecule has 2 aromatic carbocycles. The summed E-state index contributed by atoms with van der Waals surface area (Å²) in [5.41, 5.74) is 1.32. The minimum Gasteiger partial charge on any atom is -0.348 e. The van der Waals surface area contributed by atoms with Crippen molar-refractivity contribution >= 4 is 38.9 Å². The molecule has 2 atom stereocenters. The molecule has 0 unspecified atom stereocenters. The van der Waals surface area contributed by atoms with E-state index in [0.717, 1.165) is 5.56 Å². The molecule has 2 aromatic rings. The normalized spacial score (nSPS) is 13.9. The number of nitrogens with one attached hydrogen (secondary N) is 1. The van der Waals surface area contributed by atoms with Gasteiger partial charge in [0.2, 0.25) is 5.91 Å². The maximum atomic E-state index is 12.5. The third-order valence-corrected chi connectivity index (χ3v) is 6.53. The van der Waals surface area contributed by atoms with Crippen LogP contribution in [0.3, 0.4) is 0 Å². The third kappa shape index (κ3) is 5.21. The van der Waals surface area contributed by atoms with E-state index in [1.54, 1.807) is 12.1 Å². The van der Waals surface area contributed by atoms with Crippen LogP contribution >= 0.6 is 23.2 Å². The highest BCUT2D eigenvalue weighted by molar-refractivity contribution is 7.92. The van der Waals surface area contributed by atoms with Crippen LogP contribution in [0.4, 0.5) is 0 Å². The maximum Gasteiger partial charge on any atom is 0.238 e. The maximum absolute atomic E-state index is 12.5. The number of carbonyl (C=O) groups is 1. The van der Waals surface area contributed by atoms with Crippen LogP contribution in [0.5, 0.6) is 0 Å². The van der Waals surface area contributed by atoms with Crippen LogP contribution in [0.15, 0.2) is 48.5 Å². The molecule has 134 valence electrons. The summed E-state index contributed by atoms with van der Waals surface area (Å²) >= 11 is 11.9. The van der Waals surface area contributed by atoms with Crippen molar-refractivity contribution in [1.29, 1.82) is 0 Å². The van der Waals surface area contributed by atoms with Crippen molar-refractivity contribution in [1.82, 2.24) is 5.32 Å². The summed E-state index contributed by atoms with van der Waals surface area (Å²) in [7, 11) is -3.72. The van der Waals surface area contributed by atoms with Crippen molar-refractivity contribution in [2.45, 2.75) is 30.9 Å². The number of carbonyl (C=O) groups excluding carboxylic acids is 1. The lowest BCUT2D eigenvalue weighted by atomic mass is 10.1. The number of halogens is 2. The highest BCUT2D eigenvalue weighted by Crippen LogP contribution is 2.24. The van der Waals surface area contributed by atoms with Crippen molar-refractivity contribution in [2.24, 2.45) is 0 Å². The van der Waals surface area contributed by atoms with Gasteiger partial charge in [0.15, 0.2) is 9.84 Å². The Morgan fingerprint density at radius 1 is 1.08 bits per heavy atom. The fraction of sp³-hybridized carbons (Fsp3) is 0.278. The van der Waals surface area contributed by atoms with Gasteiger partial charge in [0.05, 0.1) is 11.8 Å². The molecule has 0 heterocycles. The second kappa shape index (κ2) is 8.21. The summed E-state index contributed by atoms with van der Waals surface area (Å²) in [6.07, 6.45) is 0. The number of amides is 1. The Labute approximate surface area is 158 Å². The first-order chi connectivity index (χ1) is 11.7. The molecule has 4 nitrogen and oxygen atoms in total. The van der Waals surface area contributed by atoms with E-state index in [9.17, 15) is 13.2 Å². The summed E-state index contributed by atoms with van der Waals surface area (Å²) < 4.78 is 25.1. The molecule has 0 saturated heterocycles. The predicted molar refractivity (Wildman–Crippen MR) is 102 cm³/mol. The van der Waals surface area contributed by atoms with Crippen LogP contribution in [0, 0.1) is 0 Å². The molecule has 2 rings (SSSR count). The van der Waals surface area contributed by atoms with Crippen LogP contribution < -0.4 is 5.32 Å². The molecule has 0 bridgehead atoms. The molecule has 1 N–H and O–H groups in total. The molecule has 0 aromatic heterocycles. The monoisotopic (exact) mass is 399 g/mol. The number of hydrogen-bond acceptors (Lipinski definition) is 3. The molecular formula is C18H19Cl2NO3S. The first-order valence-electron chi connectivity index (χ1n) is 7.71. The van der Waals surface area contributed by atoms with Gasteiger partial charge in [-0.25, -0.2) is 8.42 Å². The first kappa shape index (κ1) is 19.8. The van der Waals surface area contributed by atoms with E-state index in [1.165, 1.54) is 13.0 Å². The largest absolute Gasteiger partial charge is 0.348 e. The Bertz CT molecular complexity index is 854. The highest BCUT2D eigenvalue weighted by Gasteiger charge is 2.29. The van der Waals surface area contributed by atoms with E-state index in [-0.39, 0.29) is 16.8 Å². The van der Waals surface area contributed by atoms with Gasteiger partial charge in [-0.2, -0.15) is 0 Å². The zero-order chi connectivity index (χ0) is 18.6. The molecule has 1 amide bonds. The topological polar surface area (TPSA) is 63.2 Å². The van der Waals surface area contributed by atoms with Crippen LogP contribution in [0.25, 0.3) is 0 Å².